The average molecular weight is 338 g/mol. The van der Waals surface area contributed by atoms with Gasteiger partial charge >= 0.3 is 0 Å². The number of halogens is 2. The number of hydrogen-bond acceptors (Lipinski definition) is 2. The molecule has 0 fully saturated rings. The summed E-state index contributed by atoms with van der Waals surface area (Å²) in [5.41, 5.74) is 1.18. The Kier molecular flexibility index (Phi) is 6.10. The third-order valence-electron chi connectivity index (χ3n) is 3.23. The Bertz CT molecular complexity index is 632. The zero-order chi connectivity index (χ0) is 15.9. The molecule has 0 bridgehead atoms. The molecule has 0 saturated heterocycles. The van der Waals surface area contributed by atoms with E-state index >= 15 is 0 Å². The lowest BCUT2D eigenvalue weighted by atomic mass is 10.0. The minimum absolute atomic E-state index is 0.0957. The number of benzene rings is 2. The second-order valence-corrected chi connectivity index (χ2v) is 5.82. The fraction of sp³-hybridized carbons (Fsp3) is 0.235. The van der Waals surface area contributed by atoms with Gasteiger partial charge in [-0.25, -0.2) is 0 Å². The summed E-state index contributed by atoms with van der Waals surface area (Å²) < 4.78 is 5.39. The molecule has 0 radical (unpaired) electrons. The van der Waals surface area contributed by atoms with Crippen molar-refractivity contribution in [1.29, 1.82) is 0 Å². The molecule has 2 aromatic rings. The molecule has 0 heterocycles. The molecule has 1 N–H and O–H groups in total. The highest BCUT2D eigenvalue weighted by Gasteiger charge is 2.09. The third kappa shape index (κ3) is 4.93. The maximum Gasteiger partial charge on any atom is 0.257 e. The van der Waals surface area contributed by atoms with Gasteiger partial charge in [-0.05, 0) is 23.6 Å². The smallest absolute Gasteiger partial charge is 0.257 e. The highest BCUT2D eigenvalue weighted by molar-refractivity contribution is 6.34. The van der Waals surface area contributed by atoms with E-state index in [2.05, 4.69) is 12.2 Å². The summed E-state index contributed by atoms with van der Waals surface area (Å²) in [6.45, 7) is 2.52. The molecule has 0 spiro atoms. The van der Waals surface area contributed by atoms with Gasteiger partial charge in [0, 0.05) is 17.6 Å². The van der Waals surface area contributed by atoms with Gasteiger partial charge in [-0.3, -0.25) is 4.79 Å². The van der Waals surface area contributed by atoms with Crippen LogP contribution in [-0.4, -0.2) is 19.1 Å². The van der Waals surface area contributed by atoms with Crippen molar-refractivity contribution in [2.75, 3.05) is 13.2 Å². The summed E-state index contributed by atoms with van der Waals surface area (Å²) in [6.07, 6.45) is 0. The van der Waals surface area contributed by atoms with Crippen molar-refractivity contribution in [3.8, 4) is 5.75 Å². The monoisotopic (exact) mass is 337 g/mol. The SMILES string of the molecule is C[C@@H](CNC(=O)COc1cc(Cl)ccc1Cl)c1ccccc1. The normalized spacial score (nSPS) is 11.8. The molecule has 0 aromatic heterocycles. The van der Waals surface area contributed by atoms with E-state index in [1.165, 1.54) is 5.56 Å². The number of carbonyl (C=O) groups is 1. The van der Waals surface area contributed by atoms with Crippen LogP contribution >= 0.6 is 23.2 Å². The fourth-order valence-corrected chi connectivity index (χ4v) is 2.28. The van der Waals surface area contributed by atoms with E-state index in [-0.39, 0.29) is 18.4 Å². The van der Waals surface area contributed by atoms with Gasteiger partial charge in [0.05, 0.1) is 5.02 Å². The van der Waals surface area contributed by atoms with Gasteiger partial charge in [-0.1, -0.05) is 60.5 Å². The van der Waals surface area contributed by atoms with E-state index < -0.39 is 0 Å². The summed E-state index contributed by atoms with van der Waals surface area (Å²) in [6, 6.07) is 14.9. The van der Waals surface area contributed by atoms with Gasteiger partial charge in [0.25, 0.3) is 5.91 Å². The van der Waals surface area contributed by atoms with Crippen molar-refractivity contribution in [1.82, 2.24) is 5.32 Å². The molecular weight excluding hydrogens is 321 g/mol. The first-order valence-corrected chi connectivity index (χ1v) is 7.71. The first-order chi connectivity index (χ1) is 10.6. The minimum Gasteiger partial charge on any atom is -0.482 e. The fourth-order valence-electron chi connectivity index (χ4n) is 1.95. The number of nitrogens with one attached hydrogen (secondary N) is 1. The lowest BCUT2D eigenvalue weighted by molar-refractivity contribution is -0.123. The average Bonchev–Trinajstić information content (AvgIpc) is 2.54. The van der Waals surface area contributed by atoms with E-state index in [1.807, 2.05) is 30.3 Å². The van der Waals surface area contributed by atoms with Crippen molar-refractivity contribution in [3.05, 3.63) is 64.1 Å². The Hall–Kier alpha value is -1.71. The number of rotatable bonds is 6. The van der Waals surface area contributed by atoms with E-state index in [1.54, 1.807) is 18.2 Å². The van der Waals surface area contributed by atoms with Crippen LogP contribution in [0.1, 0.15) is 18.4 Å². The zero-order valence-corrected chi connectivity index (χ0v) is 13.7. The summed E-state index contributed by atoms with van der Waals surface area (Å²) in [5, 5.41) is 3.78. The van der Waals surface area contributed by atoms with Gasteiger partial charge in [0.2, 0.25) is 0 Å². The highest BCUT2D eigenvalue weighted by Crippen LogP contribution is 2.27. The van der Waals surface area contributed by atoms with Crippen LogP contribution in [0, 0.1) is 0 Å². The van der Waals surface area contributed by atoms with E-state index in [0.29, 0.717) is 22.3 Å². The van der Waals surface area contributed by atoms with Crippen LogP contribution in [0.25, 0.3) is 0 Å². The van der Waals surface area contributed by atoms with Crippen LogP contribution in [0.15, 0.2) is 48.5 Å². The molecule has 116 valence electrons. The summed E-state index contributed by atoms with van der Waals surface area (Å²) >= 11 is 11.8. The highest BCUT2D eigenvalue weighted by atomic mass is 35.5. The second kappa shape index (κ2) is 8.06. The second-order valence-electron chi connectivity index (χ2n) is 4.98. The standard InChI is InChI=1S/C17H17Cl2NO2/c1-12(13-5-3-2-4-6-13)10-20-17(21)11-22-16-9-14(18)7-8-15(16)19/h2-9,12H,10-11H2,1H3,(H,20,21)/t12-/m0/s1. The van der Waals surface area contributed by atoms with Gasteiger partial charge in [0.1, 0.15) is 5.75 Å². The Morgan fingerprint density at radius 2 is 1.91 bits per heavy atom. The van der Waals surface area contributed by atoms with Gasteiger partial charge < -0.3 is 10.1 Å². The lowest BCUT2D eigenvalue weighted by Gasteiger charge is -2.13. The quantitative estimate of drug-likeness (QED) is 0.853. The van der Waals surface area contributed by atoms with Crippen molar-refractivity contribution >= 4 is 29.1 Å². The number of carbonyl (C=O) groups excluding carboxylic acids is 1. The molecule has 2 rings (SSSR count). The number of amides is 1. The molecule has 0 saturated carbocycles. The van der Waals surface area contributed by atoms with Crippen molar-refractivity contribution in [2.24, 2.45) is 0 Å². The van der Waals surface area contributed by atoms with E-state index in [4.69, 9.17) is 27.9 Å². The molecule has 1 amide bonds. The molecule has 22 heavy (non-hydrogen) atoms. The maximum atomic E-state index is 11.8. The first kappa shape index (κ1) is 16.7. The Labute approximate surface area is 140 Å². The summed E-state index contributed by atoms with van der Waals surface area (Å²) in [4.78, 5) is 11.8. The Morgan fingerprint density at radius 3 is 2.64 bits per heavy atom. The molecular formula is C17H17Cl2NO2. The van der Waals surface area contributed by atoms with Crippen LogP contribution in [0.4, 0.5) is 0 Å². The molecule has 0 aliphatic heterocycles. The maximum absolute atomic E-state index is 11.8. The predicted octanol–water partition coefficient (Wildman–Crippen LogP) is 4.29. The molecule has 5 heteroatoms. The molecule has 0 aliphatic carbocycles. The Morgan fingerprint density at radius 1 is 1.18 bits per heavy atom. The van der Waals surface area contributed by atoms with Crippen LogP contribution < -0.4 is 10.1 Å². The minimum atomic E-state index is -0.196. The first-order valence-electron chi connectivity index (χ1n) is 6.95. The van der Waals surface area contributed by atoms with Crippen LogP contribution in [0.2, 0.25) is 10.0 Å². The molecule has 1 atom stereocenters. The third-order valence-corrected chi connectivity index (χ3v) is 3.77. The summed E-state index contributed by atoms with van der Waals surface area (Å²) in [5.74, 6) is 0.444. The topological polar surface area (TPSA) is 38.3 Å². The van der Waals surface area contributed by atoms with Gasteiger partial charge in [-0.15, -0.1) is 0 Å². The van der Waals surface area contributed by atoms with Crippen molar-refractivity contribution in [3.63, 3.8) is 0 Å². The van der Waals surface area contributed by atoms with E-state index in [9.17, 15) is 4.79 Å². The van der Waals surface area contributed by atoms with E-state index in [0.717, 1.165) is 0 Å². The summed E-state index contributed by atoms with van der Waals surface area (Å²) in [7, 11) is 0. The Balaban J connectivity index is 1.80. The molecule has 0 unspecified atom stereocenters. The zero-order valence-electron chi connectivity index (χ0n) is 12.2. The predicted molar refractivity (Wildman–Crippen MR) is 89.8 cm³/mol. The molecule has 0 aliphatic rings. The van der Waals surface area contributed by atoms with Crippen molar-refractivity contribution in [2.45, 2.75) is 12.8 Å². The number of ether oxygens (including phenoxy) is 1. The van der Waals surface area contributed by atoms with Crippen LogP contribution in [0.3, 0.4) is 0 Å². The molecule has 2 aromatic carbocycles. The van der Waals surface area contributed by atoms with Crippen LogP contribution in [0.5, 0.6) is 5.75 Å². The number of hydrogen-bond donors (Lipinski definition) is 1. The van der Waals surface area contributed by atoms with Gasteiger partial charge in [-0.2, -0.15) is 0 Å². The lowest BCUT2D eigenvalue weighted by Crippen LogP contribution is -2.31. The molecule has 3 nitrogen and oxygen atoms in total. The van der Waals surface area contributed by atoms with Crippen molar-refractivity contribution < 1.29 is 9.53 Å². The van der Waals surface area contributed by atoms with Crippen LogP contribution in [-0.2, 0) is 4.79 Å². The van der Waals surface area contributed by atoms with Gasteiger partial charge in [0.15, 0.2) is 6.61 Å². The largest absolute Gasteiger partial charge is 0.482 e.